The second kappa shape index (κ2) is 12.4. The van der Waals surface area contributed by atoms with E-state index in [0.717, 1.165) is 83.4 Å². The van der Waals surface area contributed by atoms with Gasteiger partial charge in [-0.2, -0.15) is 8.42 Å². The van der Waals surface area contributed by atoms with Gasteiger partial charge < -0.3 is 23.8 Å². The number of carbonyl (C=O) groups excluding carboxylic acids is 1. The SMILES string of the molecule is CCCN(CCCCN1CCNCCC1=O)C1CCc2cc(OS(=O)(=O)c3c(C)noc3C)ccc2C1. The molecule has 1 fully saturated rings. The van der Waals surface area contributed by atoms with Crippen molar-refractivity contribution < 1.29 is 21.9 Å². The van der Waals surface area contributed by atoms with Crippen LogP contribution >= 0.6 is 0 Å². The zero-order valence-electron chi connectivity index (χ0n) is 22.3. The molecule has 2 aromatic rings. The first-order valence-electron chi connectivity index (χ1n) is 13.5. The Kier molecular flexibility index (Phi) is 9.26. The van der Waals surface area contributed by atoms with Crippen LogP contribution in [0.25, 0.3) is 0 Å². The average molecular weight is 533 g/mol. The second-order valence-corrected chi connectivity index (χ2v) is 11.6. The molecule has 4 rings (SSSR count). The number of rotatable bonds is 11. The Bertz CT molecular complexity index is 1160. The molecule has 2 aliphatic rings. The first-order chi connectivity index (χ1) is 17.8. The van der Waals surface area contributed by atoms with Crippen molar-refractivity contribution in [2.45, 2.75) is 76.7 Å². The summed E-state index contributed by atoms with van der Waals surface area (Å²) in [4.78, 5) is 16.8. The summed E-state index contributed by atoms with van der Waals surface area (Å²) in [5.74, 6) is 0.812. The Morgan fingerprint density at radius 2 is 2.00 bits per heavy atom. The Morgan fingerprint density at radius 1 is 1.16 bits per heavy atom. The van der Waals surface area contributed by atoms with E-state index in [2.05, 4.69) is 22.3 Å². The molecule has 0 bridgehead atoms. The number of benzene rings is 1. The number of aromatic nitrogens is 1. The summed E-state index contributed by atoms with van der Waals surface area (Å²) in [7, 11) is -4.01. The van der Waals surface area contributed by atoms with Gasteiger partial charge in [0.05, 0.1) is 0 Å². The van der Waals surface area contributed by atoms with Crippen LogP contribution in [-0.2, 0) is 27.8 Å². The summed E-state index contributed by atoms with van der Waals surface area (Å²) < 4.78 is 36.0. The molecule has 1 aliphatic heterocycles. The van der Waals surface area contributed by atoms with Crippen LogP contribution in [0, 0.1) is 13.8 Å². The second-order valence-electron chi connectivity index (χ2n) is 10.1. The maximum atomic E-state index is 12.8. The molecular weight excluding hydrogens is 492 g/mol. The van der Waals surface area contributed by atoms with Crippen LogP contribution in [0.15, 0.2) is 27.6 Å². The van der Waals surface area contributed by atoms with Crippen LogP contribution in [-0.4, -0.2) is 74.6 Å². The fourth-order valence-electron chi connectivity index (χ4n) is 5.51. The highest BCUT2D eigenvalue weighted by Gasteiger charge is 2.28. The summed E-state index contributed by atoms with van der Waals surface area (Å²) in [5.41, 5.74) is 2.69. The van der Waals surface area contributed by atoms with Gasteiger partial charge in [0.2, 0.25) is 5.91 Å². The lowest BCUT2D eigenvalue weighted by Crippen LogP contribution is -2.41. The number of hydrogen-bond donors (Lipinski definition) is 1. The smallest absolute Gasteiger partial charge is 0.344 e. The van der Waals surface area contributed by atoms with E-state index in [-0.39, 0.29) is 16.6 Å². The Balaban J connectivity index is 1.33. The van der Waals surface area contributed by atoms with Crippen molar-refractivity contribution in [2.24, 2.45) is 0 Å². The van der Waals surface area contributed by atoms with Gasteiger partial charge in [-0.15, -0.1) is 0 Å². The highest BCUT2D eigenvalue weighted by molar-refractivity contribution is 7.87. The van der Waals surface area contributed by atoms with Crippen LogP contribution in [0.1, 0.15) is 61.6 Å². The van der Waals surface area contributed by atoms with E-state index in [1.807, 2.05) is 17.0 Å². The molecule has 1 amide bonds. The molecule has 0 radical (unpaired) electrons. The maximum absolute atomic E-state index is 12.8. The summed E-state index contributed by atoms with van der Waals surface area (Å²) in [6.45, 7) is 10.8. The minimum Gasteiger partial charge on any atom is -0.379 e. The van der Waals surface area contributed by atoms with E-state index in [1.165, 1.54) is 5.56 Å². The fraction of sp³-hybridized carbons (Fsp3) is 0.630. The number of carbonyl (C=O) groups is 1. The van der Waals surface area contributed by atoms with Crippen LogP contribution in [0.3, 0.4) is 0 Å². The van der Waals surface area contributed by atoms with Crippen molar-refractivity contribution in [1.29, 1.82) is 0 Å². The zero-order chi connectivity index (χ0) is 26.4. The summed E-state index contributed by atoms with van der Waals surface area (Å²) in [5, 5.41) is 7.03. The third kappa shape index (κ3) is 6.91. The minimum absolute atomic E-state index is 0.00244. The minimum atomic E-state index is -4.01. The molecule has 0 spiro atoms. The van der Waals surface area contributed by atoms with Gasteiger partial charge in [-0.05, 0) is 88.7 Å². The van der Waals surface area contributed by atoms with E-state index < -0.39 is 10.1 Å². The van der Waals surface area contributed by atoms with Gasteiger partial charge in [0.1, 0.15) is 11.4 Å². The van der Waals surface area contributed by atoms with Gasteiger partial charge >= 0.3 is 10.1 Å². The number of amides is 1. The van der Waals surface area contributed by atoms with Crippen LogP contribution in [0.5, 0.6) is 5.75 Å². The molecule has 1 aromatic carbocycles. The van der Waals surface area contributed by atoms with Gasteiger partial charge in [-0.25, -0.2) is 0 Å². The quantitative estimate of drug-likeness (QED) is 0.347. The Labute approximate surface area is 220 Å². The average Bonchev–Trinajstić information content (AvgIpc) is 3.08. The molecule has 0 saturated carbocycles. The molecular formula is C27H40N4O5S. The van der Waals surface area contributed by atoms with E-state index in [9.17, 15) is 13.2 Å². The van der Waals surface area contributed by atoms with E-state index in [0.29, 0.717) is 23.9 Å². The number of fused-ring (bicyclic) bond motifs is 1. The van der Waals surface area contributed by atoms with Gasteiger partial charge in [0.25, 0.3) is 0 Å². The molecule has 9 nitrogen and oxygen atoms in total. The standard InChI is InChI=1S/C27H40N4O5S/c1-4-14-30(15-5-6-16-31-17-13-28-12-11-26(31)32)24-9-7-23-19-25(10-8-22(23)18-24)36-37(33,34)27-20(2)29-35-21(27)3/h8,10,19,24,28H,4-7,9,11-18H2,1-3H3. The lowest BCUT2D eigenvalue weighted by atomic mass is 9.87. The largest absolute Gasteiger partial charge is 0.379 e. The molecule has 2 heterocycles. The van der Waals surface area contributed by atoms with Crippen molar-refractivity contribution >= 4 is 16.0 Å². The Hall–Kier alpha value is -2.43. The monoisotopic (exact) mass is 532 g/mol. The number of unbranched alkanes of at least 4 members (excludes halogenated alkanes) is 1. The molecule has 10 heteroatoms. The van der Waals surface area contributed by atoms with Crippen molar-refractivity contribution in [1.82, 2.24) is 20.3 Å². The van der Waals surface area contributed by atoms with Crippen LogP contribution < -0.4 is 9.50 Å². The van der Waals surface area contributed by atoms with Crippen LogP contribution in [0.4, 0.5) is 0 Å². The van der Waals surface area contributed by atoms with Gasteiger partial charge in [0, 0.05) is 38.6 Å². The third-order valence-corrected chi connectivity index (χ3v) is 8.88. The molecule has 37 heavy (non-hydrogen) atoms. The van der Waals surface area contributed by atoms with Crippen LogP contribution in [0.2, 0.25) is 0 Å². The fourth-order valence-corrected chi connectivity index (χ4v) is 6.74. The van der Waals surface area contributed by atoms with Gasteiger partial charge in [-0.1, -0.05) is 18.1 Å². The van der Waals surface area contributed by atoms with Gasteiger partial charge in [0.15, 0.2) is 10.7 Å². The lowest BCUT2D eigenvalue weighted by Gasteiger charge is -2.35. The lowest BCUT2D eigenvalue weighted by molar-refractivity contribution is -0.130. The number of aryl methyl sites for hydroxylation is 3. The molecule has 1 N–H and O–H groups in total. The van der Waals surface area contributed by atoms with Gasteiger partial charge in [-0.3, -0.25) is 4.79 Å². The highest BCUT2D eigenvalue weighted by Crippen LogP contribution is 2.30. The number of nitrogens with zero attached hydrogens (tertiary/aromatic N) is 3. The van der Waals surface area contributed by atoms with E-state index >= 15 is 0 Å². The zero-order valence-corrected chi connectivity index (χ0v) is 23.1. The molecule has 1 aromatic heterocycles. The van der Waals surface area contributed by atoms with Crippen molar-refractivity contribution in [3.05, 3.63) is 40.8 Å². The van der Waals surface area contributed by atoms with Crippen molar-refractivity contribution in [3.8, 4) is 5.75 Å². The molecule has 1 aliphatic carbocycles. The number of nitrogens with one attached hydrogen (secondary N) is 1. The molecule has 204 valence electrons. The highest BCUT2D eigenvalue weighted by atomic mass is 32.2. The molecule has 1 saturated heterocycles. The summed E-state index contributed by atoms with van der Waals surface area (Å²) >= 11 is 0. The summed E-state index contributed by atoms with van der Waals surface area (Å²) in [6.07, 6.45) is 6.67. The molecule has 1 unspecified atom stereocenters. The van der Waals surface area contributed by atoms with E-state index in [4.69, 9.17) is 8.71 Å². The first-order valence-corrected chi connectivity index (χ1v) is 14.9. The predicted octanol–water partition coefficient (Wildman–Crippen LogP) is 3.23. The van der Waals surface area contributed by atoms with E-state index in [1.54, 1.807) is 19.9 Å². The molecule has 1 atom stereocenters. The Morgan fingerprint density at radius 3 is 2.76 bits per heavy atom. The normalized spacial score (nSPS) is 18.6. The third-order valence-electron chi connectivity index (χ3n) is 7.38. The number of hydrogen-bond acceptors (Lipinski definition) is 8. The summed E-state index contributed by atoms with van der Waals surface area (Å²) in [6, 6.07) is 6.07. The maximum Gasteiger partial charge on any atom is 0.344 e. The first kappa shape index (κ1) is 27.6. The van der Waals surface area contributed by atoms with Crippen molar-refractivity contribution in [2.75, 3.05) is 39.3 Å². The topological polar surface area (TPSA) is 105 Å². The predicted molar refractivity (Wildman–Crippen MR) is 141 cm³/mol. The van der Waals surface area contributed by atoms with Crippen molar-refractivity contribution in [3.63, 3.8) is 0 Å².